The average Bonchev–Trinajstić information content (AvgIpc) is 2.98. The molecule has 124 valence electrons. The number of hydrogen-bond donors (Lipinski definition) is 1. The van der Waals surface area contributed by atoms with Crippen LogP contribution in [0, 0.1) is 16.7 Å². The quantitative estimate of drug-likeness (QED) is 0.790. The Bertz CT molecular complexity index is 356. The molecule has 0 amide bonds. The number of nitrogens with one attached hydrogen (secondary N) is 1. The van der Waals surface area contributed by atoms with Crippen molar-refractivity contribution in [3.8, 4) is 0 Å². The number of carbonyl (C=O) groups excluding carboxylic acids is 1. The van der Waals surface area contributed by atoms with E-state index < -0.39 is 0 Å². The van der Waals surface area contributed by atoms with Crippen molar-refractivity contribution in [3.63, 3.8) is 0 Å². The van der Waals surface area contributed by atoms with E-state index in [0.717, 1.165) is 39.1 Å². The van der Waals surface area contributed by atoms with Gasteiger partial charge in [0.05, 0.1) is 12.0 Å². The van der Waals surface area contributed by atoms with E-state index in [0.29, 0.717) is 17.9 Å². The van der Waals surface area contributed by atoms with Gasteiger partial charge in [-0.15, -0.1) is 12.4 Å². The molecule has 0 bridgehead atoms. The third-order valence-electron chi connectivity index (χ3n) is 5.23. The van der Waals surface area contributed by atoms with Crippen LogP contribution < -0.4 is 5.32 Å². The molecule has 0 aromatic carbocycles. The molecule has 5 heteroatoms. The van der Waals surface area contributed by atoms with E-state index in [1.54, 1.807) is 0 Å². The molecule has 2 fully saturated rings. The molecule has 1 N–H and O–H groups in total. The highest BCUT2D eigenvalue weighted by molar-refractivity contribution is 5.85. The van der Waals surface area contributed by atoms with Gasteiger partial charge in [-0.3, -0.25) is 4.79 Å². The maximum Gasteiger partial charge on any atom is 0.313 e. The molecule has 2 atom stereocenters. The van der Waals surface area contributed by atoms with Crippen molar-refractivity contribution in [3.05, 3.63) is 0 Å². The predicted molar refractivity (Wildman–Crippen MR) is 87.8 cm³/mol. The lowest BCUT2D eigenvalue weighted by molar-refractivity contribution is -0.157. The summed E-state index contributed by atoms with van der Waals surface area (Å²) >= 11 is 0. The predicted octanol–water partition coefficient (Wildman–Crippen LogP) is 2.32. The van der Waals surface area contributed by atoms with Crippen LogP contribution in [0.25, 0.3) is 0 Å². The van der Waals surface area contributed by atoms with Gasteiger partial charge in [0.1, 0.15) is 0 Å². The zero-order valence-corrected chi connectivity index (χ0v) is 14.7. The normalized spacial score (nSPS) is 33.2. The largest absolute Gasteiger partial charge is 0.466 e. The van der Waals surface area contributed by atoms with E-state index in [2.05, 4.69) is 31.0 Å². The monoisotopic (exact) mass is 318 g/mol. The van der Waals surface area contributed by atoms with E-state index in [1.165, 1.54) is 6.42 Å². The van der Waals surface area contributed by atoms with Gasteiger partial charge in [-0.25, -0.2) is 0 Å². The zero-order valence-electron chi connectivity index (χ0n) is 13.9. The highest BCUT2D eigenvalue weighted by atomic mass is 35.5. The first-order chi connectivity index (χ1) is 9.42. The molecule has 2 unspecified atom stereocenters. The molecule has 0 radical (unpaired) electrons. The second-order valence-corrected chi connectivity index (χ2v) is 7.23. The van der Waals surface area contributed by atoms with Gasteiger partial charge in [0.15, 0.2) is 0 Å². The number of hydrogen-bond acceptors (Lipinski definition) is 4. The minimum Gasteiger partial charge on any atom is -0.466 e. The first-order valence-corrected chi connectivity index (χ1v) is 8.02. The van der Waals surface area contributed by atoms with Gasteiger partial charge >= 0.3 is 5.97 Å². The number of likely N-dealkylation sites (tertiary alicyclic amines) is 1. The summed E-state index contributed by atoms with van der Waals surface area (Å²) in [4.78, 5) is 14.9. The average molecular weight is 319 g/mol. The molecule has 0 spiro atoms. The smallest absolute Gasteiger partial charge is 0.313 e. The Hall–Kier alpha value is -0.320. The molecule has 2 aliphatic rings. The van der Waals surface area contributed by atoms with Crippen molar-refractivity contribution in [2.75, 3.05) is 39.3 Å². The third kappa shape index (κ3) is 3.91. The molecular formula is C16H31ClN2O2. The lowest BCUT2D eigenvalue weighted by atomic mass is 9.76. The van der Waals surface area contributed by atoms with Gasteiger partial charge in [0.2, 0.25) is 0 Å². The van der Waals surface area contributed by atoms with Crippen LogP contribution in [0.5, 0.6) is 0 Å². The fourth-order valence-electron chi connectivity index (χ4n) is 3.74. The molecule has 0 aliphatic carbocycles. The van der Waals surface area contributed by atoms with Gasteiger partial charge in [-0.05, 0) is 44.2 Å². The van der Waals surface area contributed by atoms with Gasteiger partial charge < -0.3 is 15.0 Å². The first kappa shape index (κ1) is 18.7. The summed E-state index contributed by atoms with van der Waals surface area (Å²) in [7, 11) is 0. The standard InChI is InChI=1S/C16H30N2O2.ClH/c1-5-20-14(19)16(13(2)3)7-9-18(12-16)11-15(4)6-8-17-10-15;/h13,17H,5-12H2,1-4H3;1H. The van der Waals surface area contributed by atoms with Crippen LogP contribution >= 0.6 is 12.4 Å². The fourth-order valence-corrected chi connectivity index (χ4v) is 3.74. The Morgan fingerprint density at radius 3 is 2.62 bits per heavy atom. The van der Waals surface area contributed by atoms with Crippen LogP contribution in [0.1, 0.15) is 40.5 Å². The summed E-state index contributed by atoms with van der Waals surface area (Å²) in [5.41, 5.74) is 0.0696. The number of carbonyl (C=O) groups is 1. The molecule has 0 aromatic heterocycles. The molecule has 2 heterocycles. The summed E-state index contributed by atoms with van der Waals surface area (Å²) in [6, 6.07) is 0. The van der Waals surface area contributed by atoms with Crippen LogP contribution in [0.4, 0.5) is 0 Å². The number of ether oxygens (including phenoxy) is 1. The Balaban J connectivity index is 0.00000220. The highest BCUT2D eigenvalue weighted by Crippen LogP contribution is 2.40. The number of halogens is 1. The van der Waals surface area contributed by atoms with E-state index in [9.17, 15) is 4.79 Å². The Morgan fingerprint density at radius 2 is 2.10 bits per heavy atom. The van der Waals surface area contributed by atoms with Crippen LogP contribution in [0.15, 0.2) is 0 Å². The highest BCUT2D eigenvalue weighted by Gasteiger charge is 2.49. The van der Waals surface area contributed by atoms with Crippen molar-refractivity contribution in [1.82, 2.24) is 10.2 Å². The molecule has 2 aliphatic heterocycles. The second kappa shape index (κ2) is 7.30. The van der Waals surface area contributed by atoms with Crippen molar-refractivity contribution < 1.29 is 9.53 Å². The van der Waals surface area contributed by atoms with Crippen molar-refractivity contribution in [2.24, 2.45) is 16.7 Å². The number of esters is 1. The lowest BCUT2D eigenvalue weighted by Gasteiger charge is -2.33. The lowest BCUT2D eigenvalue weighted by Crippen LogP contribution is -2.43. The van der Waals surface area contributed by atoms with Crippen molar-refractivity contribution in [1.29, 1.82) is 0 Å². The van der Waals surface area contributed by atoms with Gasteiger partial charge in [-0.1, -0.05) is 20.8 Å². The maximum absolute atomic E-state index is 12.4. The van der Waals surface area contributed by atoms with Crippen LogP contribution in [0.2, 0.25) is 0 Å². The third-order valence-corrected chi connectivity index (χ3v) is 5.23. The molecule has 2 saturated heterocycles. The maximum atomic E-state index is 12.4. The summed E-state index contributed by atoms with van der Waals surface area (Å²) in [6.45, 7) is 14.2. The fraction of sp³-hybridized carbons (Fsp3) is 0.938. The van der Waals surface area contributed by atoms with Crippen molar-refractivity contribution in [2.45, 2.75) is 40.5 Å². The minimum atomic E-state index is -0.293. The van der Waals surface area contributed by atoms with Crippen LogP contribution in [0.3, 0.4) is 0 Å². The molecule has 2 rings (SSSR count). The molecule has 0 saturated carbocycles. The number of rotatable bonds is 5. The summed E-state index contributed by atoms with van der Waals surface area (Å²) in [5.74, 6) is 0.341. The van der Waals surface area contributed by atoms with E-state index >= 15 is 0 Å². The van der Waals surface area contributed by atoms with E-state index in [4.69, 9.17) is 4.74 Å². The topological polar surface area (TPSA) is 41.6 Å². The molecule has 4 nitrogen and oxygen atoms in total. The van der Waals surface area contributed by atoms with E-state index in [1.807, 2.05) is 6.92 Å². The van der Waals surface area contributed by atoms with Gasteiger partial charge in [0.25, 0.3) is 0 Å². The summed E-state index contributed by atoms with van der Waals surface area (Å²) in [5, 5.41) is 3.46. The summed E-state index contributed by atoms with van der Waals surface area (Å²) < 4.78 is 5.36. The van der Waals surface area contributed by atoms with Crippen molar-refractivity contribution >= 4 is 18.4 Å². The SMILES string of the molecule is CCOC(=O)C1(C(C)C)CCN(CC2(C)CCNC2)C1.Cl. The Kier molecular flexibility index (Phi) is 6.51. The zero-order chi connectivity index (χ0) is 14.8. The Labute approximate surface area is 135 Å². The first-order valence-electron chi connectivity index (χ1n) is 8.02. The molecular weight excluding hydrogens is 288 g/mol. The van der Waals surface area contributed by atoms with Gasteiger partial charge in [-0.2, -0.15) is 0 Å². The molecule has 0 aromatic rings. The minimum absolute atomic E-state index is 0. The summed E-state index contributed by atoms with van der Waals surface area (Å²) in [6.07, 6.45) is 2.17. The van der Waals surface area contributed by atoms with Crippen LogP contribution in [-0.4, -0.2) is 50.2 Å². The Morgan fingerprint density at radius 1 is 1.38 bits per heavy atom. The molecule has 21 heavy (non-hydrogen) atoms. The van der Waals surface area contributed by atoms with Gasteiger partial charge in [0, 0.05) is 19.6 Å². The van der Waals surface area contributed by atoms with E-state index in [-0.39, 0.29) is 23.8 Å². The number of nitrogens with zero attached hydrogens (tertiary/aromatic N) is 1. The second-order valence-electron chi connectivity index (χ2n) is 7.23. The van der Waals surface area contributed by atoms with Crippen LogP contribution in [-0.2, 0) is 9.53 Å².